The SMILES string of the molecule is CCNC(=NCC1CCCN(C)C1)N(C)CC1CCC(C)CC1.I. The number of aliphatic imine (C=N–C) groups is 1. The van der Waals surface area contributed by atoms with Crippen LogP contribution in [0.2, 0.25) is 0 Å². The van der Waals surface area contributed by atoms with Gasteiger partial charge in [-0.15, -0.1) is 24.0 Å². The summed E-state index contributed by atoms with van der Waals surface area (Å²) in [4.78, 5) is 9.78. The van der Waals surface area contributed by atoms with Crippen molar-refractivity contribution in [1.29, 1.82) is 0 Å². The standard InChI is InChI=1S/C19H38N4.HI/c1-5-20-19(21-13-18-7-6-12-22(3)14-18)23(4)15-17-10-8-16(2)9-11-17;/h16-18H,5-15H2,1-4H3,(H,20,21);1H. The Kier molecular flexibility index (Phi) is 10.6. The van der Waals surface area contributed by atoms with Crippen LogP contribution in [0.15, 0.2) is 4.99 Å². The molecule has 0 aromatic heterocycles. The van der Waals surface area contributed by atoms with Gasteiger partial charge in [-0.1, -0.05) is 19.8 Å². The lowest BCUT2D eigenvalue weighted by atomic mass is 9.83. The molecule has 0 radical (unpaired) electrons. The summed E-state index contributed by atoms with van der Waals surface area (Å²) in [5.41, 5.74) is 0. The van der Waals surface area contributed by atoms with Crippen molar-refractivity contribution in [3.8, 4) is 0 Å². The summed E-state index contributed by atoms with van der Waals surface area (Å²) < 4.78 is 0. The van der Waals surface area contributed by atoms with Gasteiger partial charge in [0.1, 0.15) is 0 Å². The normalized spacial score (nSPS) is 29.0. The van der Waals surface area contributed by atoms with Gasteiger partial charge in [0.2, 0.25) is 0 Å². The van der Waals surface area contributed by atoms with Gasteiger partial charge in [-0.05, 0) is 64.0 Å². The monoisotopic (exact) mass is 450 g/mol. The van der Waals surface area contributed by atoms with Crippen molar-refractivity contribution in [3.63, 3.8) is 0 Å². The summed E-state index contributed by atoms with van der Waals surface area (Å²) in [6, 6.07) is 0. The van der Waals surface area contributed by atoms with E-state index >= 15 is 0 Å². The smallest absolute Gasteiger partial charge is 0.193 e. The van der Waals surface area contributed by atoms with E-state index in [1.807, 2.05) is 0 Å². The van der Waals surface area contributed by atoms with Crippen molar-refractivity contribution in [2.24, 2.45) is 22.7 Å². The number of nitrogens with one attached hydrogen (secondary N) is 1. The fraction of sp³-hybridized carbons (Fsp3) is 0.947. The van der Waals surface area contributed by atoms with Crippen molar-refractivity contribution in [2.75, 3.05) is 46.8 Å². The average molecular weight is 450 g/mol. The minimum atomic E-state index is 0. The molecule has 1 aliphatic heterocycles. The second-order valence-electron chi connectivity index (χ2n) is 7.97. The first kappa shape index (κ1) is 22.0. The van der Waals surface area contributed by atoms with E-state index in [1.165, 1.54) is 51.6 Å². The van der Waals surface area contributed by atoms with E-state index in [2.05, 4.69) is 43.1 Å². The highest BCUT2D eigenvalue weighted by Gasteiger charge is 2.21. The molecule has 5 heteroatoms. The Balaban J connectivity index is 0.00000288. The first-order chi connectivity index (χ1) is 11.1. The number of rotatable bonds is 5. The molecule has 24 heavy (non-hydrogen) atoms. The molecule has 2 aliphatic rings. The number of hydrogen-bond acceptors (Lipinski definition) is 2. The summed E-state index contributed by atoms with van der Waals surface area (Å²) in [6.45, 7) is 10.1. The highest BCUT2D eigenvalue weighted by atomic mass is 127. The van der Waals surface area contributed by atoms with E-state index in [-0.39, 0.29) is 24.0 Å². The van der Waals surface area contributed by atoms with Crippen molar-refractivity contribution >= 4 is 29.9 Å². The van der Waals surface area contributed by atoms with Crippen molar-refractivity contribution in [2.45, 2.75) is 52.4 Å². The van der Waals surface area contributed by atoms with Crippen LogP contribution in [0.5, 0.6) is 0 Å². The first-order valence-corrected chi connectivity index (χ1v) is 9.76. The molecule has 1 atom stereocenters. The molecule has 2 rings (SSSR count). The highest BCUT2D eigenvalue weighted by molar-refractivity contribution is 14.0. The van der Waals surface area contributed by atoms with Gasteiger partial charge in [-0.2, -0.15) is 0 Å². The summed E-state index contributed by atoms with van der Waals surface area (Å²) in [5.74, 6) is 3.62. The molecule has 0 aromatic rings. The van der Waals surface area contributed by atoms with Crippen LogP contribution in [0, 0.1) is 17.8 Å². The molecule has 4 nitrogen and oxygen atoms in total. The molecule has 1 saturated carbocycles. The number of likely N-dealkylation sites (tertiary alicyclic amines) is 1. The maximum Gasteiger partial charge on any atom is 0.193 e. The van der Waals surface area contributed by atoms with E-state index < -0.39 is 0 Å². The molecule has 0 spiro atoms. The van der Waals surface area contributed by atoms with Crippen LogP contribution < -0.4 is 5.32 Å². The van der Waals surface area contributed by atoms with Crippen molar-refractivity contribution in [1.82, 2.24) is 15.1 Å². The highest BCUT2D eigenvalue weighted by Crippen LogP contribution is 2.28. The number of piperidine rings is 1. The Hall–Kier alpha value is -0.0400. The minimum absolute atomic E-state index is 0. The zero-order chi connectivity index (χ0) is 16.7. The van der Waals surface area contributed by atoms with Crippen molar-refractivity contribution < 1.29 is 0 Å². The van der Waals surface area contributed by atoms with Gasteiger partial charge in [0, 0.05) is 33.2 Å². The van der Waals surface area contributed by atoms with Crippen LogP contribution in [0.1, 0.15) is 52.4 Å². The van der Waals surface area contributed by atoms with Crippen LogP contribution >= 0.6 is 24.0 Å². The van der Waals surface area contributed by atoms with E-state index in [4.69, 9.17) is 4.99 Å². The molecule has 0 amide bonds. The van der Waals surface area contributed by atoms with Gasteiger partial charge < -0.3 is 15.1 Å². The van der Waals surface area contributed by atoms with Crippen LogP contribution in [-0.4, -0.2) is 62.6 Å². The molecule has 1 N–H and O–H groups in total. The van der Waals surface area contributed by atoms with Crippen LogP contribution in [0.25, 0.3) is 0 Å². The molecule has 142 valence electrons. The third-order valence-corrected chi connectivity index (χ3v) is 5.59. The fourth-order valence-corrected chi connectivity index (χ4v) is 4.09. The number of hydrogen-bond donors (Lipinski definition) is 1. The van der Waals surface area contributed by atoms with Crippen LogP contribution in [-0.2, 0) is 0 Å². The maximum absolute atomic E-state index is 4.96. The summed E-state index contributed by atoms with van der Waals surface area (Å²) in [5, 5.41) is 3.49. The molecule has 0 aromatic carbocycles. The average Bonchev–Trinajstić information content (AvgIpc) is 2.53. The minimum Gasteiger partial charge on any atom is -0.357 e. The number of guanidine groups is 1. The first-order valence-electron chi connectivity index (χ1n) is 9.76. The topological polar surface area (TPSA) is 30.9 Å². The molecule has 1 unspecified atom stereocenters. The molecule has 0 bridgehead atoms. The Morgan fingerprint density at radius 3 is 2.50 bits per heavy atom. The Labute approximate surface area is 166 Å². The zero-order valence-electron chi connectivity index (χ0n) is 16.3. The lowest BCUT2D eigenvalue weighted by molar-refractivity contribution is 0.213. The van der Waals surface area contributed by atoms with Crippen molar-refractivity contribution in [3.05, 3.63) is 0 Å². The van der Waals surface area contributed by atoms with E-state index in [9.17, 15) is 0 Å². The second-order valence-corrected chi connectivity index (χ2v) is 7.97. The fourth-order valence-electron chi connectivity index (χ4n) is 4.09. The second kappa shape index (κ2) is 11.6. The third kappa shape index (κ3) is 7.46. The van der Waals surface area contributed by atoms with E-state index in [0.29, 0.717) is 0 Å². The van der Waals surface area contributed by atoms with Crippen LogP contribution in [0.4, 0.5) is 0 Å². The quantitative estimate of drug-likeness (QED) is 0.394. The maximum atomic E-state index is 4.96. The molecule has 1 heterocycles. The number of nitrogens with zero attached hydrogens (tertiary/aromatic N) is 3. The van der Waals surface area contributed by atoms with E-state index in [1.54, 1.807) is 0 Å². The summed E-state index contributed by atoms with van der Waals surface area (Å²) >= 11 is 0. The Morgan fingerprint density at radius 1 is 1.17 bits per heavy atom. The zero-order valence-corrected chi connectivity index (χ0v) is 18.6. The van der Waals surface area contributed by atoms with E-state index in [0.717, 1.165) is 43.3 Å². The third-order valence-electron chi connectivity index (χ3n) is 5.59. The number of halogens is 1. The lowest BCUT2D eigenvalue weighted by Crippen LogP contribution is -2.42. The van der Waals surface area contributed by atoms with Gasteiger partial charge in [0.15, 0.2) is 5.96 Å². The van der Waals surface area contributed by atoms with Gasteiger partial charge in [-0.25, -0.2) is 0 Å². The molecule has 1 aliphatic carbocycles. The van der Waals surface area contributed by atoms with Gasteiger partial charge in [0.25, 0.3) is 0 Å². The largest absolute Gasteiger partial charge is 0.357 e. The Morgan fingerprint density at radius 2 is 1.88 bits per heavy atom. The van der Waals surface area contributed by atoms with Gasteiger partial charge in [0.05, 0.1) is 0 Å². The predicted molar refractivity (Wildman–Crippen MR) is 115 cm³/mol. The summed E-state index contributed by atoms with van der Waals surface area (Å²) in [6.07, 6.45) is 8.23. The Bertz CT molecular complexity index is 366. The van der Waals surface area contributed by atoms with Gasteiger partial charge >= 0.3 is 0 Å². The van der Waals surface area contributed by atoms with Gasteiger partial charge in [-0.3, -0.25) is 4.99 Å². The lowest BCUT2D eigenvalue weighted by Gasteiger charge is -2.32. The molecular formula is C19H39IN4. The predicted octanol–water partition coefficient (Wildman–Crippen LogP) is 3.67. The molecule has 2 fully saturated rings. The molecule has 1 saturated heterocycles. The molecular weight excluding hydrogens is 411 g/mol. The summed E-state index contributed by atoms with van der Waals surface area (Å²) in [7, 11) is 4.45. The van der Waals surface area contributed by atoms with Crippen LogP contribution in [0.3, 0.4) is 0 Å².